The summed E-state index contributed by atoms with van der Waals surface area (Å²) in [7, 11) is 0. The van der Waals surface area contributed by atoms with Gasteiger partial charge in [0.1, 0.15) is 0 Å². The average molecular weight is 287 g/mol. The van der Waals surface area contributed by atoms with Gasteiger partial charge in [-0.25, -0.2) is 4.79 Å². The second-order valence-electron chi connectivity index (χ2n) is 4.35. The minimum absolute atomic E-state index is 0.296. The summed E-state index contributed by atoms with van der Waals surface area (Å²) in [5, 5.41) is 5.98. The molecule has 0 aliphatic rings. The van der Waals surface area contributed by atoms with Crippen LogP contribution in [0.5, 0.6) is 0 Å². The van der Waals surface area contributed by atoms with E-state index in [1.54, 1.807) is 30.5 Å². The van der Waals surface area contributed by atoms with Crippen LogP contribution >= 0.6 is 11.6 Å². The molecule has 0 saturated carbocycles. The van der Waals surface area contributed by atoms with Gasteiger partial charge in [0, 0.05) is 16.9 Å². The first-order chi connectivity index (χ1) is 9.63. The van der Waals surface area contributed by atoms with E-state index >= 15 is 0 Å². The molecule has 0 aliphatic carbocycles. The monoisotopic (exact) mass is 286 g/mol. The van der Waals surface area contributed by atoms with Gasteiger partial charge in [0.15, 0.2) is 0 Å². The van der Waals surface area contributed by atoms with Crippen molar-refractivity contribution in [2.24, 2.45) is 0 Å². The molecule has 2 amide bonds. The van der Waals surface area contributed by atoms with Crippen molar-refractivity contribution >= 4 is 29.4 Å². The van der Waals surface area contributed by atoms with Crippen molar-refractivity contribution in [3.05, 3.63) is 70.9 Å². The molecule has 0 aromatic heterocycles. The predicted molar refractivity (Wildman–Crippen MR) is 83.8 cm³/mol. The van der Waals surface area contributed by atoms with Crippen molar-refractivity contribution in [2.45, 2.75) is 6.92 Å². The van der Waals surface area contributed by atoms with Gasteiger partial charge in [-0.05, 0) is 42.8 Å². The van der Waals surface area contributed by atoms with Crippen molar-refractivity contribution in [3.8, 4) is 0 Å². The van der Waals surface area contributed by atoms with E-state index in [1.165, 1.54) is 5.56 Å². The zero-order valence-corrected chi connectivity index (χ0v) is 11.8. The summed E-state index contributed by atoms with van der Waals surface area (Å²) >= 11 is 5.77. The number of rotatable bonds is 3. The number of anilines is 1. The number of amides is 2. The van der Waals surface area contributed by atoms with Crippen molar-refractivity contribution in [3.63, 3.8) is 0 Å². The van der Waals surface area contributed by atoms with E-state index in [0.717, 1.165) is 5.56 Å². The van der Waals surface area contributed by atoms with Gasteiger partial charge in [-0.15, -0.1) is 0 Å². The molecule has 0 atom stereocenters. The highest BCUT2D eigenvalue weighted by Gasteiger charge is 1.98. The third kappa shape index (κ3) is 4.44. The SMILES string of the molecule is Cc1ccc(/C=C/NC(=O)Nc2ccc(Cl)cc2)cc1. The van der Waals surface area contributed by atoms with Crippen LogP contribution in [0.4, 0.5) is 10.5 Å². The summed E-state index contributed by atoms with van der Waals surface area (Å²) in [5.74, 6) is 0. The van der Waals surface area contributed by atoms with Gasteiger partial charge in [0.25, 0.3) is 0 Å². The molecule has 0 saturated heterocycles. The minimum Gasteiger partial charge on any atom is -0.314 e. The maximum absolute atomic E-state index is 11.6. The van der Waals surface area contributed by atoms with Crippen LogP contribution in [0.3, 0.4) is 0 Å². The molecule has 0 fully saturated rings. The van der Waals surface area contributed by atoms with Crippen LogP contribution in [0, 0.1) is 6.92 Å². The summed E-state index contributed by atoms with van der Waals surface area (Å²) in [4.78, 5) is 11.6. The second kappa shape index (κ2) is 6.78. The highest BCUT2D eigenvalue weighted by Crippen LogP contribution is 2.13. The Balaban J connectivity index is 1.85. The van der Waals surface area contributed by atoms with Crippen LogP contribution in [0.2, 0.25) is 5.02 Å². The summed E-state index contributed by atoms with van der Waals surface area (Å²) in [6, 6.07) is 14.7. The lowest BCUT2D eigenvalue weighted by molar-refractivity contribution is 0.255. The van der Waals surface area contributed by atoms with Crippen molar-refractivity contribution in [2.75, 3.05) is 5.32 Å². The Kier molecular flexibility index (Phi) is 4.80. The maximum Gasteiger partial charge on any atom is 0.323 e. The van der Waals surface area contributed by atoms with Crippen molar-refractivity contribution in [1.29, 1.82) is 0 Å². The number of aryl methyl sites for hydroxylation is 1. The molecule has 0 unspecified atom stereocenters. The Labute approximate surface area is 123 Å². The minimum atomic E-state index is -0.296. The highest BCUT2D eigenvalue weighted by atomic mass is 35.5. The van der Waals surface area contributed by atoms with Crippen LogP contribution < -0.4 is 10.6 Å². The average Bonchev–Trinajstić information content (AvgIpc) is 2.44. The molecule has 2 aromatic carbocycles. The molecule has 0 radical (unpaired) electrons. The normalized spacial score (nSPS) is 10.5. The number of urea groups is 1. The fraction of sp³-hybridized carbons (Fsp3) is 0.0625. The molecular weight excluding hydrogens is 272 g/mol. The molecule has 0 bridgehead atoms. The summed E-state index contributed by atoms with van der Waals surface area (Å²) < 4.78 is 0. The fourth-order valence-corrected chi connectivity index (χ4v) is 1.72. The van der Waals surface area contributed by atoms with E-state index < -0.39 is 0 Å². The maximum atomic E-state index is 11.6. The quantitative estimate of drug-likeness (QED) is 0.860. The van der Waals surface area contributed by atoms with Crippen LogP contribution in [0.25, 0.3) is 6.08 Å². The molecule has 0 heterocycles. The van der Waals surface area contributed by atoms with Gasteiger partial charge in [0.05, 0.1) is 0 Å². The number of hydrogen-bond donors (Lipinski definition) is 2. The molecule has 20 heavy (non-hydrogen) atoms. The van der Waals surface area contributed by atoms with Gasteiger partial charge in [-0.3, -0.25) is 0 Å². The van der Waals surface area contributed by atoms with E-state index in [9.17, 15) is 4.79 Å². The largest absolute Gasteiger partial charge is 0.323 e. The topological polar surface area (TPSA) is 41.1 Å². The Morgan fingerprint density at radius 2 is 1.70 bits per heavy atom. The summed E-state index contributed by atoms with van der Waals surface area (Å²) in [6.07, 6.45) is 3.44. The van der Waals surface area contributed by atoms with Gasteiger partial charge in [0.2, 0.25) is 0 Å². The number of hydrogen-bond acceptors (Lipinski definition) is 1. The smallest absolute Gasteiger partial charge is 0.314 e. The zero-order valence-electron chi connectivity index (χ0n) is 11.1. The Morgan fingerprint density at radius 3 is 2.35 bits per heavy atom. The van der Waals surface area contributed by atoms with Crippen LogP contribution in [0.1, 0.15) is 11.1 Å². The van der Waals surface area contributed by atoms with Crippen LogP contribution in [-0.4, -0.2) is 6.03 Å². The molecule has 2 N–H and O–H groups in total. The Hall–Kier alpha value is -2.26. The van der Waals surface area contributed by atoms with Crippen LogP contribution in [-0.2, 0) is 0 Å². The Bertz CT molecular complexity index is 603. The van der Waals surface area contributed by atoms with Crippen LogP contribution in [0.15, 0.2) is 54.7 Å². The van der Waals surface area contributed by atoms with Gasteiger partial charge in [-0.2, -0.15) is 0 Å². The van der Waals surface area contributed by atoms with Crippen molar-refractivity contribution < 1.29 is 4.79 Å². The van der Waals surface area contributed by atoms with E-state index in [4.69, 9.17) is 11.6 Å². The van der Waals surface area contributed by atoms with E-state index in [-0.39, 0.29) is 6.03 Å². The lowest BCUT2D eigenvalue weighted by Crippen LogP contribution is -2.23. The zero-order chi connectivity index (χ0) is 14.4. The van der Waals surface area contributed by atoms with E-state index in [2.05, 4.69) is 10.6 Å². The molecule has 2 aromatic rings. The first-order valence-electron chi connectivity index (χ1n) is 6.20. The van der Waals surface area contributed by atoms with Gasteiger partial charge in [-0.1, -0.05) is 41.4 Å². The molecule has 102 valence electrons. The first-order valence-corrected chi connectivity index (χ1v) is 6.57. The number of carbonyl (C=O) groups is 1. The molecule has 3 nitrogen and oxygen atoms in total. The Morgan fingerprint density at radius 1 is 1.05 bits per heavy atom. The third-order valence-electron chi connectivity index (χ3n) is 2.67. The standard InChI is InChI=1S/C16H15ClN2O/c1-12-2-4-13(5-3-12)10-11-18-16(20)19-15-8-6-14(17)7-9-15/h2-11H,1H3,(H2,18,19,20)/b11-10+. The van der Waals surface area contributed by atoms with Gasteiger partial charge >= 0.3 is 6.03 Å². The first kappa shape index (κ1) is 14.2. The van der Waals surface area contributed by atoms with Crippen molar-refractivity contribution in [1.82, 2.24) is 5.32 Å². The fourth-order valence-electron chi connectivity index (χ4n) is 1.59. The molecule has 4 heteroatoms. The number of halogens is 1. The summed E-state index contributed by atoms with van der Waals surface area (Å²) in [5.41, 5.74) is 2.92. The summed E-state index contributed by atoms with van der Waals surface area (Å²) in [6.45, 7) is 2.03. The van der Waals surface area contributed by atoms with E-state index in [0.29, 0.717) is 10.7 Å². The molecule has 0 spiro atoms. The molecule has 0 aliphatic heterocycles. The lowest BCUT2D eigenvalue weighted by Gasteiger charge is -2.04. The number of nitrogens with one attached hydrogen (secondary N) is 2. The number of benzene rings is 2. The molecule has 2 rings (SSSR count). The van der Waals surface area contributed by atoms with E-state index in [1.807, 2.05) is 37.3 Å². The number of carbonyl (C=O) groups excluding carboxylic acids is 1. The second-order valence-corrected chi connectivity index (χ2v) is 4.79. The van der Waals surface area contributed by atoms with Gasteiger partial charge < -0.3 is 10.6 Å². The lowest BCUT2D eigenvalue weighted by atomic mass is 10.1. The molecular formula is C16H15ClN2O. The predicted octanol–water partition coefficient (Wildman–Crippen LogP) is 4.44. The highest BCUT2D eigenvalue weighted by molar-refractivity contribution is 6.30. The third-order valence-corrected chi connectivity index (χ3v) is 2.92.